The van der Waals surface area contributed by atoms with Crippen LogP contribution >= 0.6 is 22.9 Å². The molecular formula is C14H20N6O3S3. The van der Waals surface area contributed by atoms with E-state index < -0.39 is 10.2 Å². The summed E-state index contributed by atoms with van der Waals surface area (Å²) in [5, 5.41) is 7.27. The van der Waals surface area contributed by atoms with Crippen LogP contribution in [0.3, 0.4) is 0 Å². The predicted octanol–water partition coefficient (Wildman–Crippen LogP) is 1.36. The van der Waals surface area contributed by atoms with Crippen molar-refractivity contribution < 1.29 is 13.2 Å². The van der Waals surface area contributed by atoms with Gasteiger partial charge in [-0.1, -0.05) is 17.8 Å². The number of nitrogens with zero attached hydrogens (tertiary/aromatic N) is 5. The number of nitrogens with one attached hydrogen (secondary N) is 1. The molecule has 1 aliphatic heterocycles. The van der Waals surface area contributed by atoms with Crippen LogP contribution in [-0.4, -0.2) is 58.1 Å². The minimum absolute atomic E-state index is 0.270. The van der Waals surface area contributed by atoms with E-state index in [2.05, 4.69) is 19.9 Å². The minimum Gasteiger partial charge on any atom is -0.297 e. The first-order valence-electron chi connectivity index (χ1n) is 8.11. The molecule has 26 heavy (non-hydrogen) atoms. The van der Waals surface area contributed by atoms with Gasteiger partial charge in [-0.15, -0.1) is 16.4 Å². The lowest BCUT2D eigenvalue weighted by molar-refractivity contribution is 0.102. The molecule has 0 atom stereocenters. The molecule has 0 spiro atoms. The molecule has 0 aliphatic carbocycles. The Hall–Kier alpha value is -1.47. The SMILES string of the molecule is CCCc1nnsc1C(=O)Nc1nc2c(s1)CN(S(=O)(=O)N(C)C)CC2. The number of hydrogen-bond acceptors (Lipinski definition) is 8. The number of hydrogen-bond donors (Lipinski definition) is 1. The first-order chi connectivity index (χ1) is 12.3. The summed E-state index contributed by atoms with van der Waals surface area (Å²) in [6, 6.07) is 0. The third kappa shape index (κ3) is 3.78. The average molecular weight is 417 g/mol. The molecule has 9 nitrogen and oxygen atoms in total. The number of anilines is 1. The first-order valence-corrected chi connectivity index (χ1v) is 11.1. The van der Waals surface area contributed by atoms with Gasteiger partial charge < -0.3 is 0 Å². The highest BCUT2D eigenvalue weighted by Crippen LogP contribution is 2.30. The summed E-state index contributed by atoms with van der Waals surface area (Å²) in [4.78, 5) is 18.3. The zero-order chi connectivity index (χ0) is 18.9. The Morgan fingerprint density at radius 3 is 2.85 bits per heavy atom. The number of rotatable bonds is 6. The number of aryl methyl sites for hydroxylation is 1. The van der Waals surface area contributed by atoms with Crippen molar-refractivity contribution in [1.29, 1.82) is 0 Å². The summed E-state index contributed by atoms with van der Waals surface area (Å²) >= 11 is 2.38. The monoisotopic (exact) mass is 416 g/mol. The van der Waals surface area contributed by atoms with Gasteiger partial charge in [0.1, 0.15) is 4.88 Å². The Kier molecular flexibility index (Phi) is 5.67. The van der Waals surface area contributed by atoms with Gasteiger partial charge in [0.2, 0.25) is 0 Å². The van der Waals surface area contributed by atoms with Crippen LogP contribution in [0.25, 0.3) is 0 Å². The van der Waals surface area contributed by atoms with E-state index in [1.807, 2.05) is 6.92 Å². The molecule has 0 aromatic carbocycles. The van der Waals surface area contributed by atoms with E-state index in [1.165, 1.54) is 34.0 Å². The van der Waals surface area contributed by atoms with Gasteiger partial charge in [-0.2, -0.15) is 17.0 Å². The number of amides is 1. The lowest BCUT2D eigenvalue weighted by Gasteiger charge is -2.27. The van der Waals surface area contributed by atoms with E-state index in [0.717, 1.165) is 28.5 Å². The molecule has 0 radical (unpaired) electrons. The van der Waals surface area contributed by atoms with Gasteiger partial charge in [0.25, 0.3) is 16.1 Å². The third-order valence-electron chi connectivity index (χ3n) is 3.95. The van der Waals surface area contributed by atoms with E-state index >= 15 is 0 Å². The van der Waals surface area contributed by atoms with Gasteiger partial charge in [0.15, 0.2) is 5.13 Å². The fourth-order valence-corrected chi connectivity index (χ4v) is 5.37. The second-order valence-electron chi connectivity index (χ2n) is 6.02. The highest BCUT2D eigenvalue weighted by atomic mass is 32.2. The molecule has 0 saturated heterocycles. The van der Waals surface area contributed by atoms with E-state index in [0.29, 0.717) is 35.1 Å². The maximum absolute atomic E-state index is 12.5. The lowest BCUT2D eigenvalue weighted by atomic mass is 10.2. The van der Waals surface area contributed by atoms with E-state index in [1.54, 1.807) is 0 Å². The molecule has 3 heterocycles. The summed E-state index contributed by atoms with van der Waals surface area (Å²) in [6.45, 7) is 2.67. The molecule has 1 aliphatic rings. The minimum atomic E-state index is -3.46. The second-order valence-corrected chi connectivity index (χ2v) is 10.00. The van der Waals surface area contributed by atoms with Crippen LogP contribution in [-0.2, 0) is 29.6 Å². The zero-order valence-electron chi connectivity index (χ0n) is 14.7. The van der Waals surface area contributed by atoms with Crippen LogP contribution in [0.1, 0.15) is 39.3 Å². The molecule has 1 amide bonds. The molecule has 0 saturated carbocycles. The van der Waals surface area contributed by atoms with Crippen molar-refractivity contribution in [3.63, 3.8) is 0 Å². The normalized spacial score (nSPS) is 15.2. The Bertz CT molecular complexity index is 905. The predicted molar refractivity (Wildman–Crippen MR) is 101 cm³/mol. The molecule has 1 N–H and O–H groups in total. The van der Waals surface area contributed by atoms with Crippen molar-refractivity contribution in [3.8, 4) is 0 Å². The summed E-state index contributed by atoms with van der Waals surface area (Å²) in [7, 11) is -0.432. The highest BCUT2D eigenvalue weighted by molar-refractivity contribution is 7.86. The Balaban J connectivity index is 1.74. The van der Waals surface area contributed by atoms with Gasteiger partial charge in [0.05, 0.1) is 17.9 Å². The molecule has 3 rings (SSSR count). The highest BCUT2D eigenvalue weighted by Gasteiger charge is 2.30. The van der Waals surface area contributed by atoms with Crippen molar-refractivity contribution in [3.05, 3.63) is 21.1 Å². The van der Waals surface area contributed by atoms with Crippen LogP contribution in [0.2, 0.25) is 0 Å². The summed E-state index contributed by atoms with van der Waals surface area (Å²) in [6.07, 6.45) is 2.11. The van der Waals surface area contributed by atoms with Crippen LogP contribution in [0.15, 0.2) is 0 Å². The number of thiazole rings is 1. The maximum Gasteiger partial charge on any atom is 0.281 e. The molecule has 0 unspecified atom stereocenters. The Morgan fingerprint density at radius 2 is 2.15 bits per heavy atom. The lowest BCUT2D eigenvalue weighted by Crippen LogP contribution is -2.42. The molecular weight excluding hydrogens is 396 g/mol. The fraction of sp³-hybridized carbons (Fsp3) is 0.571. The van der Waals surface area contributed by atoms with E-state index in [-0.39, 0.29) is 12.5 Å². The van der Waals surface area contributed by atoms with Gasteiger partial charge in [-0.05, 0) is 18.0 Å². The zero-order valence-corrected chi connectivity index (χ0v) is 17.2. The number of aromatic nitrogens is 3. The van der Waals surface area contributed by atoms with Crippen LogP contribution in [0, 0.1) is 0 Å². The van der Waals surface area contributed by atoms with Crippen molar-refractivity contribution in [2.75, 3.05) is 26.0 Å². The van der Waals surface area contributed by atoms with Gasteiger partial charge in [-0.25, -0.2) is 4.98 Å². The number of fused-ring (bicyclic) bond motifs is 1. The first kappa shape index (κ1) is 19.3. The summed E-state index contributed by atoms with van der Waals surface area (Å²) < 4.78 is 31.1. The van der Waals surface area contributed by atoms with Crippen LogP contribution < -0.4 is 5.32 Å². The van der Waals surface area contributed by atoms with Gasteiger partial charge in [-0.3, -0.25) is 10.1 Å². The van der Waals surface area contributed by atoms with Crippen LogP contribution in [0.4, 0.5) is 5.13 Å². The molecule has 0 bridgehead atoms. The molecule has 142 valence electrons. The number of carbonyl (C=O) groups is 1. The van der Waals surface area contributed by atoms with E-state index in [9.17, 15) is 13.2 Å². The van der Waals surface area contributed by atoms with E-state index in [4.69, 9.17) is 0 Å². The van der Waals surface area contributed by atoms with Crippen molar-refractivity contribution in [2.24, 2.45) is 0 Å². The van der Waals surface area contributed by atoms with Crippen LogP contribution in [0.5, 0.6) is 0 Å². The largest absolute Gasteiger partial charge is 0.297 e. The van der Waals surface area contributed by atoms with Crippen molar-refractivity contribution >= 4 is 44.1 Å². The van der Waals surface area contributed by atoms with Gasteiger partial charge in [0, 0.05) is 31.9 Å². The fourth-order valence-electron chi connectivity index (χ4n) is 2.59. The quantitative estimate of drug-likeness (QED) is 0.762. The Morgan fingerprint density at radius 1 is 1.38 bits per heavy atom. The molecule has 0 fully saturated rings. The molecule has 12 heteroatoms. The van der Waals surface area contributed by atoms with Crippen molar-refractivity contribution in [1.82, 2.24) is 23.2 Å². The summed E-state index contributed by atoms with van der Waals surface area (Å²) in [5.41, 5.74) is 1.53. The van der Waals surface area contributed by atoms with Gasteiger partial charge >= 0.3 is 0 Å². The second kappa shape index (κ2) is 7.64. The smallest absolute Gasteiger partial charge is 0.281 e. The average Bonchev–Trinajstić information content (AvgIpc) is 3.20. The third-order valence-corrected chi connectivity index (χ3v) is 7.61. The molecule has 2 aromatic rings. The van der Waals surface area contributed by atoms with Crippen molar-refractivity contribution in [2.45, 2.75) is 32.7 Å². The maximum atomic E-state index is 12.5. The topological polar surface area (TPSA) is 108 Å². The number of carbonyl (C=O) groups excluding carboxylic acids is 1. The summed E-state index contributed by atoms with van der Waals surface area (Å²) in [5.74, 6) is -0.271. The Labute approximate surface area is 160 Å². The standard InChI is InChI=1S/C14H20N6O3S3/c1-4-5-10-12(25-18-17-10)13(21)16-14-15-9-6-7-20(8-11(9)24-14)26(22,23)19(2)3/h4-8H2,1-3H3,(H,15,16,21). The molecule has 2 aromatic heterocycles.